The molecule has 6 heteroatoms. The highest BCUT2D eigenvalue weighted by molar-refractivity contribution is 7.89. The average Bonchev–Trinajstić information content (AvgIpc) is 2.48. The first-order valence-electron chi connectivity index (χ1n) is 8.10. The third-order valence-electron chi connectivity index (χ3n) is 4.14. The quantitative estimate of drug-likeness (QED) is 0.896. The highest BCUT2D eigenvalue weighted by atomic mass is 32.2. The molecule has 5 nitrogen and oxygen atoms in total. The van der Waals surface area contributed by atoms with Gasteiger partial charge in [0, 0.05) is 12.6 Å². The Morgan fingerprint density at radius 2 is 1.78 bits per heavy atom. The molecule has 1 heterocycles. The fraction of sp³-hybridized carbons (Fsp3) is 0.588. The average molecular weight is 338 g/mol. The molecule has 1 aromatic carbocycles. The highest BCUT2D eigenvalue weighted by Gasteiger charge is 2.36. The summed E-state index contributed by atoms with van der Waals surface area (Å²) in [4.78, 5) is 12.0. The van der Waals surface area contributed by atoms with Gasteiger partial charge in [-0.1, -0.05) is 39.8 Å². The Balaban J connectivity index is 2.32. The van der Waals surface area contributed by atoms with Crippen molar-refractivity contribution in [2.75, 3.05) is 13.1 Å². The predicted molar refractivity (Wildman–Crippen MR) is 90.7 cm³/mol. The van der Waals surface area contributed by atoms with Gasteiger partial charge in [-0.05, 0) is 36.0 Å². The van der Waals surface area contributed by atoms with Crippen molar-refractivity contribution >= 4 is 15.9 Å². The molecule has 128 valence electrons. The Kier molecular flexibility index (Phi) is 5.47. The van der Waals surface area contributed by atoms with Crippen LogP contribution in [-0.4, -0.2) is 37.8 Å². The summed E-state index contributed by atoms with van der Waals surface area (Å²) < 4.78 is 27.3. The fourth-order valence-electron chi connectivity index (χ4n) is 2.85. The highest BCUT2D eigenvalue weighted by Crippen LogP contribution is 2.24. The number of nitrogens with zero attached hydrogens (tertiary/aromatic N) is 1. The second-order valence-corrected chi connectivity index (χ2v) is 8.75. The van der Waals surface area contributed by atoms with Crippen molar-refractivity contribution < 1.29 is 13.2 Å². The Hall–Kier alpha value is -1.40. The third-order valence-corrected chi connectivity index (χ3v) is 6.05. The standard InChI is InChI=1S/C17H26N2O3S/c1-12(2)9-15-10-18-17(20)11-19(15)23(21,22)16-7-5-14(6-8-16)13(3)4/h5-8,12-13,15H,9-11H2,1-4H3,(H,18,20). The van der Waals surface area contributed by atoms with E-state index in [1.807, 2.05) is 12.1 Å². The first-order chi connectivity index (χ1) is 10.7. The van der Waals surface area contributed by atoms with Gasteiger partial charge in [0.25, 0.3) is 0 Å². The third kappa shape index (κ3) is 4.12. The number of sulfonamides is 1. The van der Waals surface area contributed by atoms with Gasteiger partial charge in [-0.25, -0.2) is 8.42 Å². The number of piperazine rings is 1. The minimum absolute atomic E-state index is 0.106. The molecule has 1 amide bonds. The van der Waals surface area contributed by atoms with E-state index in [0.29, 0.717) is 18.4 Å². The van der Waals surface area contributed by atoms with Crippen LogP contribution in [0.4, 0.5) is 0 Å². The molecule has 0 spiro atoms. The number of benzene rings is 1. The Labute approximate surface area is 139 Å². The molecule has 1 fully saturated rings. The van der Waals surface area contributed by atoms with Crippen LogP contribution in [0.1, 0.15) is 45.6 Å². The molecule has 2 rings (SSSR count). The summed E-state index contributed by atoms with van der Waals surface area (Å²) in [7, 11) is -3.66. The number of carbonyl (C=O) groups excluding carboxylic acids is 1. The topological polar surface area (TPSA) is 66.5 Å². The van der Waals surface area contributed by atoms with E-state index in [-0.39, 0.29) is 23.4 Å². The van der Waals surface area contributed by atoms with Crippen LogP contribution in [0.2, 0.25) is 0 Å². The Morgan fingerprint density at radius 1 is 1.17 bits per heavy atom. The van der Waals surface area contributed by atoms with Gasteiger partial charge in [-0.2, -0.15) is 4.31 Å². The molecule has 23 heavy (non-hydrogen) atoms. The summed E-state index contributed by atoms with van der Waals surface area (Å²) >= 11 is 0. The van der Waals surface area contributed by atoms with Gasteiger partial charge < -0.3 is 5.32 Å². The monoisotopic (exact) mass is 338 g/mol. The molecule has 1 saturated heterocycles. The lowest BCUT2D eigenvalue weighted by Gasteiger charge is -2.35. The van der Waals surface area contributed by atoms with E-state index in [1.54, 1.807) is 12.1 Å². The van der Waals surface area contributed by atoms with Crippen LogP contribution >= 0.6 is 0 Å². The van der Waals surface area contributed by atoms with Gasteiger partial charge in [0.1, 0.15) is 0 Å². The van der Waals surface area contributed by atoms with Crippen LogP contribution in [0, 0.1) is 5.92 Å². The zero-order valence-electron chi connectivity index (χ0n) is 14.2. The molecule has 1 aliphatic rings. The fourth-order valence-corrected chi connectivity index (χ4v) is 4.44. The van der Waals surface area contributed by atoms with Crippen LogP contribution in [0.3, 0.4) is 0 Å². The van der Waals surface area contributed by atoms with Gasteiger partial charge >= 0.3 is 0 Å². The molecule has 0 saturated carbocycles. The van der Waals surface area contributed by atoms with Crippen molar-refractivity contribution in [3.63, 3.8) is 0 Å². The van der Waals surface area contributed by atoms with E-state index in [0.717, 1.165) is 12.0 Å². The lowest BCUT2D eigenvalue weighted by molar-refractivity contribution is -0.123. The van der Waals surface area contributed by atoms with Gasteiger partial charge in [0.2, 0.25) is 15.9 Å². The zero-order valence-corrected chi connectivity index (χ0v) is 15.1. The van der Waals surface area contributed by atoms with Gasteiger partial charge in [-0.3, -0.25) is 4.79 Å². The number of rotatable bonds is 5. The normalized spacial score (nSPS) is 20.1. The largest absolute Gasteiger partial charge is 0.353 e. The SMILES string of the molecule is CC(C)CC1CNC(=O)CN1S(=O)(=O)c1ccc(C(C)C)cc1. The maximum absolute atomic E-state index is 13.0. The predicted octanol–water partition coefficient (Wildman–Crippen LogP) is 2.35. The van der Waals surface area contributed by atoms with E-state index < -0.39 is 10.0 Å². The van der Waals surface area contributed by atoms with Crippen molar-refractivity contribution in [1.29, 1.82) is 0 Å². The van der Waals surface area contributed by atoms with Crippen molar-refractivity contribution in [3.8, 4) is 0 Å². The molecular weight excluding hydrogens is 312 g/mol. The van der Waals surface area contributed by atoms with Crippen LogP contribution < -0.4 is 5.32 Å². The maximum atomic E-state index is 13.0. The van der Waals surface area contributed by atoms with Crippen LogP contribution in [0.5, 0.6) is 0 Å². The van der Waals surface area contributed by atoms with Crippen molar-refractivity contribution in [1.82, 2.24) is 9.62 Å². The van der Waals surface area contributed by atoms with Crippen molar-refractivity contribution in [2.45, 2.75) is 51.0 Å². The summed E-state index contributed by atoms with van der Waals surface area (Å²) in [5, 5.41) is 2.77. The molecular formula is C17H26N2O3S. The molecule has 1 aromatic rings. The molecule has 1 N–H and O–H groups in total. The van der Waals surface area contributed by atoms with E-state index >= 15 is 0 Å². The number of hydrogen-bond acceptors (Lipinski definition) is 3. The second-order valence-electron chi connectivity index (χ2n) is 6.86. The Bertz CT molecular complexity index is 651. The van der Waals surface area contributed by atoms with Gasteiger partial charge in [0.15, 0.2) is 0 Å². The van der Waals surface area contributed by atoms with Crippen LogP contribution in [0.25, 0.3) is 0 Å². The second kappa shape index (κ2) is 7.01. The summed E-state index contributed by atoms with van der Waals surface area (Å²) in [6.07, 6.45) is 0.726. The number of carbonyl (C=O) groups is 1. The summed E-state index contributed by atoms with van der Waals surface area (Å²) in [6.45, 7) is 8.51. The van der Waals surface area contributed by atoms with Gasteiger partial charge in [0.05, 0.1) is 11.4 Å². The molecule has 1 atom stereocenters. The van der Waals surface area contributed by atoms with Crippen molar-refractivity contribution in [3.05, 3.63) is 29.8 Å². The number of nitrogens with one attached hydrogen (secondary N) is 1. The lowest BCUT2D eigenvalue weighted by atomic mass is 10.0. The summed E-state index contributed by atoms with van der Waals surface area (Å²) in [5.41, 5.74) is 1.10. The number of hydrogen-bond donors (Lipinski definition) is 1. The summed E-state index contributed by atoms with van der Waals surface area (Å²) in [6, 6.07) is 6.79. The minimum Gasteiger partial charge on any atom is -0.353 e. The smallest absolute Gasteiger partial charge is 0.243 e. The molecule has 1 aliphatic heterocycles. The summed E-state index contributed by atoms with van der Waals surface area (Å²) in [5.74, 6) is 0.463. The van der Waals surface area contributed by atoms with E-state index in [9.17, 15) is 13.2 Å². The molecule has 0 aliphatic carbocycles. The Morgan fingerprint density at radius 3 is 2.30 bits per heavy atom. The molecule has 0 bridgehead atoms. The minimum atomic E-state index is -3.66. The molecule has 0 radical (unpaired) electrons. The first kappa shape index (κ1) is 17.9. The van der Waals surface area contributed by atoms with E-state index in [1.165, 1.54) is 4.31 Å². The van der Waals surface area contributed by atoms with Crippen LogP contribution in [0.15, 0.2) is 29.2 Å². The maximum Gasteiger partial charge on any atom is 0.243 e. The zero-order chi connectivity index (χ0) is 17.2. The molecule has 1 unspecified atom stereocenters. The van der Waals surface area contributed by atoms with Gasteiger partial charge in [-0.15, -0.1) is 0 Å². The first-order valence-corrected chi connectivity index (χ1v) is 9.54. The van der Waals surface area contributed by atoms with Crippen LogP contribution in [-0.2, 0) is 14.8 Å². The van der Waals surface area contributed by atoms with E-state index in [4.69, 9.17) is 0 Å². The number of amides is 1. The van der Waals surface area contributed by atoms with Crippen molar-refractivity contribution in [2.24, 2.45) is 5.92 Å². The lowest BCUT2D eigenvalue weighted by Crippen LogP contribution is -2.56. The molecule has 0 aromatic heterocycles. The van der Waals surface area contributed by atoms with E-state index in [2.05, 4.69) is 33.0 Å².